The lowest BCUT2D eigenvalue weighted by Gasteiger charge is -2.36. The van der Waals surface area contributed by atoms with Crippen LogP contribution in [0.3, 0.4) is 0 Å². The van der Waals surface area contributed by atoms with Crippen LogP contribution in [0.1, 0.15) is 119 Å². The second kappa shape index (κ2) is 18.7. The molecule has 2 saturated heterocycles. The fourth-order valence-corrected chi connectivity index (χ4v) is 9.97. The highest BCUT2D eigenvalue weighted by Crippen LogP contribution is 2.38. The molecule has 3 fully saturated rings. The van der Waals surface area contributed by atoms with Gasteiger partial charge < -0.3 is 21.5 Å². The number of benzene rings is 2. The number of anilines is 2. The molecule has 282 valence electrons. The maximum absolute atomic E-state index is 14.1. The molecule has 1 saturated carbocycles. The number of ketones is 1. The maximum atomic E-state index is 14.1. The number of amides is 1. The van der Waals surface area contributed by atoms with Crippen LogP contribution >= 0.6 is 0 Å². The van der Waals surface area contributed by atoms with E-state index in [0.29, 0.717) is 42.3 Å². The lowest BCUT2D eigenvalue weighted by molar-refractivity contribution is -0.126. The fourth-order valence-electron chi connectivity index (χ4n) is 9.97. The lowest BCUT2D eigenvalue weighted by atomic mass is 9.80. The summed E-state index contributed by atoms with van der Waals surface area (Å²) in [5, 5.41) is 18.3. The van der Waals surface area contributed by atoms with Crippen molar-refractivity contribution in [3.05, 3.63) is 58.7 Å². The zero-order valence-electron chi connectivity index (χ0n) is 31.7. The first-order valence-corrected chi connectivity index (χ1v) is 20.7. The smallest absolute Gasteiger partial charge is 0.227 e. The number of nitrogens with two attached hydrogens (primary N) is 1. The Kier molecular flexibility index (Phi) is 13.9. The molecule has 4 aliphatic rings. The first kappa shape index (κ1) is 38.5. The molecule has 0 bridgehead atoms. The summed E-state index contributed by atoms with van der Waals surface area (Å²) >= 11 is 0. The molecule has 7 nitrogen and oxygen atoms in total. The van der Waals surface area contributed by atoms with Crippen molar-refractivity contribution in [1.29, 1.82) is 0 Å². The summed E-state index contributed by atoms with van der Waals surface area (Å²) in [6.07, 6.45) is 22.5. The number of likely N-dealkylation sites (tertiary alicyclic amines) is 1. The number of hydrogen-bond acceptors (Lipinski definition) is 6. The van der Waals surface area contributed by atoms with E-state index in [1.807, 2.05) is 31.2 Å². The Labute approximate surface area is 313 Å². The van der Waals surface area contributed by atoms with Crippen molar-refractivity contribution in [2.45, 2.75) is 122 Å². The van der Waals surface area contributed by atoms with Crippen LogP contribution in [0.2, 0.25) is 0 Å². The number of nitrogen functional groups attached to an aromatic ring is 1. The molecule has 5 N–H and O–H groups in total. The van der Waals surface area contributed by atoms with E-state index in [4.69, 9.17) is 12.2 Å². The van der Waals surface area contributed by atoms with Gasteiger partial charge in [-0.05, 0) is 150 Å². The third-order valence-electron chi connectivity index (χ3n) is 13.4. The van der Waals surface area contributed by atoms with Gasteiger partial charge in [-0.1, -0.05) is 55.9 Å². The van der Waals surface area contributed by atoms with Gasteiger partial charge in [-0.2, -0.15) is 0 Å². The number of carbonyl (C=O) groups excluding carboxylic acids is 2. The average Bonchev–Trinajstić information content (AvgIpc) is 3.50. The summed E-state index contributed by atoms with van der Waals surface area (Å²) in [5.74, 6) is 5.81. The molecule has 52 heavy (non-hydrogen) atoms. The van der Waals surface area contributed by atoms with Crippen molar-refractivity contribution in [1.82, 2.24) is 10.2 Å². The molecule has 0 spiro atoms. The number of hydrogen-bond donors (Lipinski definition) is 4. The lowest BCUT2D eigenvalue weighted by Crippen LogP contribution is -2.43. The number of aliphatic hydroxyl groups excluding tert-OH is 1. The number of carbonyl (C=O) groups is 2. The molecular formula is C45H64N4O3. The molecular weight excluding hydrogens is 645 g/mol. The second-order valence-corrected chi connectivity index (χ2v) is 16.8. The molecule has 1 aliphatic carbocycles. The number of aryl methyl sites for hydroxylation is 2. The molecule has 2 aromatic rings. The van der Waals surface area contributed by atoms with Gasteiger partial charge in [-0.3, -0.25) is 14.5 Å². The van der Waals surface area contributed by atoms with E-state index in [1.54, 1.807) is 0 Å². The Morgan fingerprint density at radius 1 is 0.962 bits per heavy atom. The number of rotatable bonds is 13. The number of Topliss-reactive ketones (excluding diaryl/α,β-unsaturated/α-hetero) is 1. The molecule has 0 aromatic heterocycles. The van der Waals surface area contributed by atoms with Gasteiger partial charge in [0.05, 0.1) is 5.69 Å². The van der Waals surface area contributed by atoms with E-state index in [9.17, 15) is 14.7 Å². The summed E-state index contributed by atoms with van der Waals surface area (Å²) in [6, 6.07) is 12.2. The number of nitrogens with zero attached hydrogens (tertiary/aromatic N) is 1. The molecule has 0 radical (unpaired) electrons. The fraction of sp³-hybridized carbons (Fsp3) is 0.644. The Bertz CT molecular complexity index is 1540. The minimum atomic E-state index is -0.661. The first-order valence-electron chi connectivity index (χ1n) is 20.7. The van der Waals surface area contributed by atoms with Gasteiger partial charge in [-0.15, -0.1) is 6.42 Å². The number of para-hydroxylation sites is 1. The summed E-state index contributed by atoms with van der Waals surface area (Å²) in [4.78, 5) is 29.2. The van der Waals surface area contributed by atoms with Crippen molar-refractivity contribution < 1.29 is 14.7 Å². The van der Waals surface area contributed by atoms with Crippen LogP contribution in [-0.4, -0.2) is 54.1 Å². The van der Waals surface area contributed by atoms with E-state index in [1.165, 1.54) is 50.5 Å². The Morgan fingerprint density at radius 2 is 1.71 bits per heavy atom. The topological polar surface area (TPSA) is 108 Å². The van der Waals surface area contributed by atoms with E-state index in [-0.39, 0.29) is 23.5 Å². The zero-order valence-corrected chi connectivity index (χ0v) is 31.7. The van der Waals surface area contributed by atoms with Crippen molar-refractivity contribution in [3.8, 4) is 12.3 Å². The van der Waals surface area contributed by atoms with Crippen LogP contribution in [0.5, 0.6) is 0 Å². The van der Waals surface area contributed by atoms with Gasteiger partial charge in [0, 0.05) is 42.6 Å². The van der Waals surface area contributed by atoms with Gasteiger partial charge in [0.2, 0.25) is 5.91 Å². The highest BCUT2D eigenvalue weighted by atomic mass is 16.3. The SMILES string of the molecule is C#Cc1cc(C[C@@H](CC(O)N2CCC(CCC3CCc4ccccc4NC3=O)CC2)C(=O)CCC2CCCC(C3CCNCC3)CC2)cc(C)c1N. The Hall–Kier alpha value is -3.18. The summed E-state index contributed by atoms with van der Waals surface area (Å²) in [5.41, 5.74) is 11.7. The quantitative estimate of drug-likeness (QED) is 0.0967. The summed E-state index contributed by atoms with van der Waals surface area (Å²) in [7, 11) is 0. The standard InChI is InChI=1S/C45H64N4O3/c1-3-35-28-34(27-31(2)44(35)46)29-40(42(50)18-13-32-7-6-9-36(14-11-32)37-19-23-47-24-20-37)30-43(51)49-25-21-33(22-26-49)12-15-39-17-16-38-8-4-5-10-41(38)48-45(39)52/h1,4-5,8,10,27-28,32-33,36-37,39-40,43,47,51H,6-7,9,11-26,29-30,46H2,2H3,(H,48,52)/t32?,36?,39?,40-,43?/m0/s1. The molecule has 6 rings (SSSR count). The summed E-state index contributed by atoms with van der Waals surface area (Å²) in [6.45, 7) is 5.93. The van der Waals surface area contributed by atoms with Gasteiger partial charge >= 0.3 is 0 Å². The van der Waals surface area contributed by atoms with Crippen LogP contribution in [0, 0.1) is 54.8 Å². The molecule has 1 amide bonds. The minimum Gasteiger partial charge on any atom is -0.398 e. The normalized spacial score (nSPS) is 24.9. The number of terminal acetylenes is 1. The molecule has 2 aromatic carbocycles. The Balaban J connectivity index is 1.02. The average molecular weight is 709 g/mol. The molecule has 3 heterocycles. The zero-order chi connectivity index (χ0) is 36.5. The van der Waals surface area contributed by atoms with Crippen LogP contribution < -0.4 is 16.4 Å². The molecule has 3 aliphatic heterocycles. The number of fused-ring (bicyclic) bond motifs is 1. The van der Waals surface area contributed by atoms with Gasteiger partial charge in [0.25, 0.3) is 0 Å². The number of piperidine rings is 2. The predicted molar refractivity (Wildman–Crippen MR) is 212 cm³/mol. The number of aliphatic hydroxyl groups is 1. The number of nitrogens with one attached hydrogen (secondary N) is 2. The van der Waals surface area contributed by atoms with Gasteiger partial charge in [0.1, 0.15) is 12.0 Å². The van der Waals surface area contributed by atoms with Crippen LogP contribution in [-0.2, 0) is 22.4 Å². The first-order chi connectivity index (χ1) is 25.3. The van der Waals surface area contributed by atoms with Crippen LogP contribution in [0.15, 0.2) is 36.4 Å². The molecule has 5 atom stereocenters. The van der Waals surface area contributed by atoms with Crippen LogP contribution in [0.25, 0.3) is 0 Å². The maximum Gasteiger partial charge on any atom is 0.227 e. The van der Waals surface area contributed by atoms with Crippen molar-refractivity contribution in [3.63, 3.8) is 0 Å². The van der Waals surface area contributed by atoms with E-state index in [0.717, 1.165) is 99.8 Å². The van der Waals surface area contributed by atoms with Gasteiger partial charge in [-0.25, -0.2) is 0 Å². The molecule has 4 unspecified atom stereocenters. The van der Waals surface area contributed by atoms with Crippen molar-refractivity contribution in [2.75, 3.05) is 37.2 Å². The van der Waals surface area contributed by atoms with Crippen molar-refractivity contribution >= 4 is 23.1 Å². The third-order valence-corrected chi connectivity index (χ3v) is 13.4. The second-order valence-electron chi connectivity index (χ2n) is 16.8. The Morgan fingerprint density at radius 3 is 2.50 bits per heavy atom. The van der Waals surface area contributed by atoms with E-state index < -0.39 is 6.23 Å². The summed E-state index contributed by atoms with van der Waals surface area (Å²) < 4.78 is 0. The van der Waals surface area contributed by atoms with E-state index in [2.05, 4.69) is 33.6 Å². The monoisotopic (exact) mass is 708 g/mol. The van der Waals surface area contributed by atoms with Crippen LogP contribution in [0.4, 0.5) is 11.4 Å². The highest BCUT2D eigenvalue weighted by Gasteiger charge is 2.32. The largest absolute Gasteiger partial charge is 0.398 e. The third kappa shape index (κ3) is 10.3. The molecule has 7 heteroatoms. The highest BCUT2D eigenvalue weighted by molar-refractivity contribution is 5.94. The van der Waals surface area contributed by atoms with Gasteiger partial charge in [0.15, 0.2) is 0 Å². The van der Waals surface area contributed by atoms with E-state index >= 15 is 0 Å². The minimum absolute atomic E-state index is 0.0450. The van der Waals surface area contributed by atoms with Crippen molar-refractivity contribution in [2.24, 2.45) is 35.5 Å². The predicted octanol–water partition coefficient (Wildman–Crippen LogP) is 7.66.